The Balaban J connectivity index is 1.59. The van der Waals surface area contributed by atoms with Crippen LogP contribution in [-0.2, 0) is 6.54 Å². The number of aromatic nitrogens is 1. The molecule has 0 amide bonds. The van der Waals surface area contributed by atoms with E-state index in [1.54, 1.807) is 0 Å². The summed E-state index contributed by atoms with van der Waals surface area (Å²) in [6, 6.07) is 27.7. The van der Waals surface area contributed by atoms with E-state index in [1.807, 2.05) is 0 Å². The number of anilines is 2. The van der Waals surface area contributed by atoms with Gasteiger partial charge in [-0.05, 0) is 48.9 Å². The van der Waals surface area contributed by atoms with Crippen molar-refractivity contribution in [2.45, 2.75) is 13.5 Å². The third-order valence-corrected chi connectivity index (χ3v) is 4.31. The molecule has 0 aliphatic rings. The van der Waals surface area contributed by atoms with Gasteiger partial charge in [0.15, 0.2) is 0 Å². The lowest BCUT2D eigenvalue weighted by atomic mass is 10.2. The Morgan fingerprint density at radius 3 is 2.33 bits per heavy atom. The van der Waals surface area contributed by atoms with E-state index in [0.717, 1.165) is 17.9 Å². The van der Waals surface area contributed by atoms with Crippen LogP contribution in [0.3, 0.4) is 0 Å². The lowest BCUT2D eigenvalue weighted by Crippen LogP contribution is -1.97. The van der Waals surface area contributed by atoms with Gasteiger partial charge in [-0.25, -0.2) is 0 Å². The Labute approximate surface area is 142 Å². The molecule has 0 radical (unpaired) electrons. The zero-order valence-corrected chi connectivity index (χ0v) is 13.7. The summed E-state index contributed by atoms with van der Waals surface area (Å²) < 4.78 is 2.29. The molecule has 0 unspecified atom stereocenters. The van der Waals surface area contributed by atoms with Crippen LogP contribution in [0.5, 0.6) is 0 Å². The van der Waals surface area contributed by atoms with Gasteiger partial charge in [0, 0.05) is 35.0 Å². The molecule has 0 bridgehead atoms. The van der Waals surface area contributed by atoms with Gasteiger partial charge < -0.3 is 9.88 Å². The standard InChI is InChI=1S/C22H20N2/c1-17-7-9-20(10-8-17)23-21-11-12-22-19(15-21)13-14-24(22)16-18-5-3-2-4-6-18/h2-15,23H,16H2,1H3. The predicted octanol–water partition coefficient (Wildman–Crippen LogP) is 5.74. The first-order chi connectivity index (χ1) is 11.8. The Hall–Kier alpha value is -3.00. The van der Waals surface area contributed by atoms with Gasteiger partial charge in [0.1, 0.15) is 0 Å². The third kappa shape index (κ3) is 3.04. The molecule has 3 aromatic carbocycles. The van der Waals surface area contributed by atoms with Gasteiger partial charge in [0.05, 0.1) is 0 Å². The molecule has 0 saturated carbocycles. The second-order valence-electron chi connectivity index (χ2n) is 6.19. The third-order valence-electron chi connectivity index (χ3n) is 4.31. The molecule has 2 nitrogen and oxygen atoms in total. The summed E-state index contributed by atoms with van der Waals surface area (Å²) in [5.74, 6) is 0. The van der Waals surface area contributed by atoms with Crippen LogP contribution >= 0.6 is 0 Å². The summed E-state index contributed by atoms with van der Waals surface area (Å²) >= 11 is 0. The van der Waals surface area contributed by atoms with Crippen molar-refractivity contribution in [1.82, 2.24) is 4.57 Å². The zero-order valence-electron chi connectivity index (χ0n) is 13.7. The van der Waals surface area contributed by atoms with Crippen LogP contribution < -0.4 is 5.32 Å². The van der Waals surface area contributed by atoms with E-state index in [9.17, 15) is 0 Å². The number of hydrogen-bond acceptors (Lipinski definition) is 1. The quantitative estimate of drug-likeness (QED) is 0.508. The average Bonchev–Trinajstić information content (AvgIpc) is 3.00. The van der Waals surface area contributed by atoms with Crippen LogP contribution in [0.2, 0.25) is 0 Å². The Kier molecular flexibility index (Phi) is 3.80. The molecule has 4 aromatic rings. The number of hydrogen-bond donors (Lipinski definition) is 1. The van der Waals surface area contributed by atoms with Gasteiger partial charge in [-0.2, -0.15) is 0 Å². The van der Waals surface area contributed by atoms with Gasteiger partial charge >= 0.3 is 0 Å². The molecule has 1 N–H and O–H groups in total. The SMILES string of the molecule is Cc1ccc(Nc2ccc3c(ccn3Cc3ccccc3)c2)cc1. The monoisotopic (exact) mass is 312 g/mol. The molecule has 2 heteroatoms. The summed E-state index contributed by atoms with van der Waals surface area (Å²) in [5, 5.41) is 4.73. The van der Waals surface area contributed by atoms with Crippen molar-refractivity contribution in [3.8, 4) is 0 Å². The van der Waals surface area contributed by atoms with Gasteiger partial charge in [0.25, 0.3) is 0 Å². The van der Waals surface area contributed by atoms with E-state index in [2.05, 4.69) is 102 Å². The van der Waals surface area contributed by atoms with E-state index in [1.165, 1.54) is 22.0 Å². The smallest absolute Gasteiger partial charge is 0.0484 e. The van der Waals surface area contributed by atoms with Crippen molar-refractivity contribution in [2.24, 2.45) is 0 Å². The van der Waals surface area contributed by atoms with Crippen molar-refractivity contribution in [3.63, 3.8) is 0 Å². The van der Waals surface area contributed by atoms with Crippen molar-refractivity contribution in [2.75, 3.05) is 5.32 Å². The second-order valence-corrected chi connectivity index (χ2v) is 6.19. The molecule has 118 valence electrons. The lowest BCUT2D eigenvalue weighted by Gasteiger charge is -2.09. The molecule has 1 heterocycles. The fourth-order valence-corrected chi connectivity index (χ4v) is 3.00. The van der Waals surface area contributed by atoms with Gasteiger partial charge in [-0.3, -0.25) is 0 Å². The molecule has 0 fully saturated rings. The van der Waals surface area contributed by atoms with Crippen LogP contribution in [0.15, 0.2) is 85.1 Å². The van der Waals surface area contributed by atoms with Gasteiger partial charge in [-0.15, -0.1) is 0 Å². The maximum absolute atomic E-state index is 3.47. The molecule has 24 heavy (non-hydrogen) atoms. The number of nitrogens with zero attached hydrogens (tertiary/aromatic N) is 1. The molecule has 1 aromatic heterocycles. The van der Waals surface area contributed by atoms with Crippen LogP contribution in [0.4, 0.5) is 11.4 Å². The number of nitrogens with one attached hydrogen (secondary N) is 1. The Bertz CT molecular complexity index is 950. The highest BCUT2D eigenvalue weighted by molar-refractivity contribution is 5.84. The van der Waals surface area contributed by atoms with E-state index in [0.29, 0.717) is 0 Å². The molecule has 0 spiro atoms. The topological polar surface area (TPSA) is 17.0 Å². The minimum Gasteiger partial charge on any atom is -0.356 e. The molecule has 0 saturated heterocycles. The largest absolute Gasteiger partial charge is 0.356 e. The van der Waals surface area contributed by atoms with Crippen molar-refractivity contribution in [1.29, 1.82) is 0 Å². The number of benzene rings is 3. The van der Waals surface area contributed by atoms with Gasteiger partial charge in [-0.1, -0.05) is 48.0 Å². The zero-order chi connectivity index (χ0) is 16.4. The Morgan fingerprint density at radius 2 is 1.54 bits per heavy atom. The number of aryl methyl sites for hydroxylation is 1. The van der Waals surface area contributed by atoms with Crippen molar-refractivity contribution >= 4 is 22.3 Å². The second kappa shape index (κ2) is 6.25. The highest BCUT2D eigenvalue weighted by Crippen LogP contribution is 2.24. The van der Waals surface area contributed by atoms with Crippen LogP contribution in [-0.4, -0.2) is 4.57 Å². The minimum atomic E-state index is 0.898. The minimum absolute atomic E-state index is 0.898. The summed E-state index contributed by atoms with van der Waals surface area (Å²) in [4.78, 5) is 0. The van der Waals surface area contributed by atoms with Gasteiger partial charge in [0.2, 0.25) is 0 Å². The summed E-state index contributed by atoms with van der Waals surface area (Å²) in [6.45, 7) is 3.00. The average molecular weight is 312 g/mol. The first kappa shape index (κ1) is 14.6. The highest BCUT2D eigenvalue weighted by atomic mass is 15.0. The summed E-state index contributed by atoms with van der Waals surface area (Å²) in [5.41, 5.74) is 6.08. The molecule has 0 aliphatic carbocycles. The molecule has 0 aliphatic heterocycles. The number of fused-ring (bicyclic) bond motifs is 1. The predicted molar refractivity (Wildman–Crippen MR) is 102 cm³/mol. The first-order valence-electron chi connectivity index (χ1n) is 8.24. The fourth-order valence-electron chi connectivity index (χ4n) is 3.00. The first-order valence-corrected chi connectivity index (χ1v) is 8.24. The molecular formula is C22H20N2. The Morgan fingerprint density at radius 1 is 0.792 bits per heavy atom. The van der Waals surface area contributed by atoms with Crippen LogP contribution in [0.25, 0.3) is 10.9 Å². The lowest BCUT2D eigenvalue weighted by molar-refractivity contribution is 0.837. The van der Waals surface area contributed by atoms with E-state index in [-0.39, 0.29) is 0 Å². The maximum atomic E-state index is 3.47. The number of rotatable bonds is 4. The molecule has 4 rings (SSSR count). The highest BCUT2D eigenvalue weighted by Gasteiger charge is 2.03. The van der Waals surface area contributed by atoms with E-state index < -0.39 is 0 Å². The van der Waals surface area contributed by atoms with Crippen LogP contribution in [0.1, 0.15) is 11.1 Å². The normalized spacial score (nSPS) is 10.9. The molecular weight excluding hydrogens is 292 g/mol. The van der Waals surface area contributed by atoms with Crippen LogP contribution in [0, 0.1) is 6.92 Å². The van der Waals surface area contributed by atoms with Crippen molar-refractivity contribution < 1.29 is 0 Å². The van der Waals surface area contributed by atoms with E-state index >= 15 is 0 Å². The van der Waals surface area contributed by atoms with E-state index in [4.69, 9.17) is 0 Å². The molecule has 0 atom stereocenters. The van der Waals surface area contributed by atoms with Crippen molar-refractivity contribution in [3.05, 3.63) is 96.2 Å². The maximum Gasteiger partial charge on any atom is 0.0484 e. The fraction of sp³-hybridized carbons (Fsp3) is 0.0909. The summed E-state index contributed by atoms with van der Waals surface area (Å²) in [7, 11) is 0. The summed E-state index contributed by atoms with van der Waals surface area (Å²) in [6.07, 6.45) is 2.16.